The first-order valence-electron chi connectivity index (χ1n) is 9.92. The molecule has 0 bridgehead atoms. The van der Waals surface area contributed by atoms with Gasteiger partial charge < -0.3 is 5.32 Å². The van der Waals surface area contributed by atoms with Gasteiger partial charge in [-0.25, -0.2) is 8.78 Å². The zero-order valence-electron chi connectivity index (χ0n) is 17.3. The van der Waals surface area contributed by atoms with E-state index >= 15 is 0 Å². The monoisotopic (exact) mass is 450 g/mol. The molecule has 0 fully saturated rings. The summed E-state index contributed by atoms with van der Waals surface area (Å²) in [4.78, 5) is 12.4. The smallest absolute Gasteiger partial charge is 0.251 e. The maximum atomic E-state index is 13.4. The van der Waals surface area contributed by atoms with Crippen LogP contribution in [-0.4, -0.2) is 20.7 Å². The van der Waals surface area contributed by atoms with Gasteiger partial charge in [0, 0.05) is 17.0 Å². The first kappa shape index (κ1) is 21.7. The van der Waals surface area contributed by atoms with E-state index in [1.165, 1.54) is 42.1 Å². The maximum absolute atomic E-state index is 13.4. The normalized spacial score (nSPS) is 10.8. The molecule has 0 atom stereocenters. The zero-order valence-corrected chi connectivity index (χ0v) is 18.1. The van der Waals surface area contributed by atoms with Gasteiger partial charge in [0.15, 0.2) is 11.0 Å². The Morgan fingerprint density at radius 1 is 0.969 bits per heavy atom. The van der Waals surface area contributed by atoms with E-state index < -0.39 is 11.7 Å². The molecule has 1 amide bonds. The van der Waals surface area contributed by atoms with Crippen LogP contribution in [0.5, 0.6) is 0 Å². The highest BCUT2D eigenvalue weighted by Gasteiger charge is 2.16. The lowest BCUT2D eigenvalue weighted by molar-refractivity contribution is 0.0949. The van der Waals surface area contributed by atoms with Crippen molar-refractivity contribution in [1.29, 1.82) is 0 Å². The number of benzene rings is 3. The Balaban J connectivity index is 1.56. The van der Waals surface area contributed by atoms with Crippen LogP contribution in [0.4, 0.5) is 8.78 Å². The predicted octanol–water partition coefficient (Wildman–Crippen LogP) is 5.08. The minimum Gasteiger partial charge on any atom is -0.345 e. The maximum Gasteiger partial charge on any atom is 0.251 e. The van der Waals surface area contributed by atoms with E-state index in [1.807, 2.05) is 35.8 Å². The quantitative estimate of drug-likeness (QED) is 0.399. The second kappa shape index (κ2) is 9.74. The molecule has 3 aromatic carbocycles. The molecule has 0 spiro atoms. The van der Waals surface area contributed by atoms with Gasteiger partial charge >= 0.3 is 0 Å². The van der Waals surface area contributed by atoms with E-state index in [0.29, 0.717) is 16.7 Å². The summed E-state index contributed by atoms with van der Waals surface area (Å²) in [7, 11) is 0. The molecule has 1 aromatic heterocycles. The van der Waals surface area contributed by atoms with Crippen LogP contribution in [0.25, 0.3) is 5.69 Å². The zero-order chi connectivity index (χ0) is 22.5. The van der Waals surface area contributed by atoms with Gasteiger partial charge in [0.1, 0.15) is 11.6 Å². The van der Waals surface area contributed by atoms with Crippen molar-refractivity contribution in [2.75, 3.05) is 0 Å². The molecule has 8 heteroatoms. The third-order valence-electron chi connectivity index (χ3n) is 4.77. The summed E-state index contributed by atoms with van der Waals surface area (Å²) in [5.41, 5.74) is 3.16. The topological polar surface area (TPSA) is 59.8 Å². The molecule has 0 aliphatic rings. The van der Waals surface area contributed by atoms with E-state index in [9.17, 15) is 13.6 Å². The Labute approximate surface area is 188 Å². The molecule has 4 rings (SSSR count). The number of amides is 1. The summed E-state index contributed by atoms with van der Waals surface area (Å²) < 4.78 is 28.5. The van der Waals surface area contributed by atoms with Gasteiger partial charge in [-0.05, 0) is 55.0 Å². The molecule has 0 aliphatic carbocycles. The highest BCUT2D eigenvalue weighted by molar-refractivity contribution is 7.98. The molecule has 162 valence electrons. The van der Waals surface area contributed by atoms with Crippen molar-refractivity contribution < 1.29 is 13.6 Å². The van der Waals surface area contributed by atoms with Crippen molar-refractivity contribution in [2.45, 2.75) is 24.4 Å². The van der Waals surface area contributed by atoms with Crippen LogP contribution >= 0.6 is 11.8 Å². The summed E-state index contributed by atoms with van der Waals surface area (Å²) in [6, 6.07) is 19.7. The van der Waals surface area contributed by atoms with Crippen LogP contribution in [0, 0.1) is 18.6 Å². The molecule has 5 nitrogen and oxygen atoms in total. The lowest BCUT2D eigenvalue weighted by atomic mass is 10.2. The number of nitrogens with zero attached hydrogens (tertiary/aromatic N) is 3. The molecule has 1 heterocycles. The highest BCUT2D eigenvalue weighted by Crippen LogP contribution is 2.25. The third-order valence-corrected chi connectivity index (χ3v) is 5.77. The molecule has 0 saturated heterocycles. The number of nitrogens with one attached hydrogen (secondary N) is 1. The molecular weight excluding hydrogens is 430 g/mol. The predicted molar refractivity (Wildman–Crippen MR) is 120 cm³/mol. The number of carbonyl (C=O) groups is 1. The molecule has 0 aliphatic heterocycles. The van der Waals surface area contributed by atoms with E-state index in [0.717, 1.165) is 16.8 Å². The fourth-order valence-corrected chi connectivity index (χ4v) is 4.01. The standard InChI is InChI=1S/C24H20F2N4OS/c1-16-5-11-21(12-6-16)30-22(14-27-23(31)18-3-2-4-20(26)13-18)28-29-24(30)32-15-17-7-9-19(25)10-8-17/h2-13H,14-15H2,1H3,(H,27,31). The number of aryl methyl sites for hydroxylation is 1. The van der Waals surface area contributed by atoms with E-state index in [4.69, 9.17) is 0 Å². The fraction of sp³-hybridized carbons (Fsp3) is 0.125. The molecule has 4 aromatic rings. The van der Waals surface area contributed by atoms with Gasteiger partial charge in [-0.1, -0.05) is 47.7 Å². The number of hydrogen-bond acceptors (Lipinski definition) is 4. The van der Waals surface area contributed by atoms with Crippen LogP contribution in [0.1, 0.15) is 27.3 Å². The average molecular weight is 451 g/mol. The van der Waals surface area contributed by atoms with Crippen LogP contribution in [-0.2, 0) is 12.3 Å². The second-order valence-electron chi connectivity index (χ2n) is 7.18. The molecular formula is C24H20F2N4OS. The number of thioether (sulfide) groups is 1. The highest BCUT2D eigenvalue weighted by atomic mass is 32.2. The lowest BCUT2D eigenvalue weighted by Gasteiger charge is -2.11. The second-order valence-corrected chi connectivity index (χ2v) is 8.12. The number of aromatic nitrogens is 3. The van der Waals surface area contributed by atoms with Crippen molar-refractivity contribution in [3.8, 4) is 5.69 Å². The summed E-state index contributed by atoms with van der Waals surface area (Å²) >= 11 is 1.46. The van der Waals surface area contributed by atoms with Crippen LogP contribution in [0.2, 0.25) is 0 Å². The number of halogens is 2. The number of hydrogen-bond donors (Lipinski definition) is 1. The van der Waals surface area contributed by atoms with E-state index in [-0.39, 0.29) is 17.9 Å². The van der Waals surface area contributed by atoms with Gasteiger partial charge in [-0.2, -0.15) is 0 Å². The largest absolute Gasteiger partial charge is 0.345 e. The summed E-state index contributed by atoms with van der Waals surface area (Å²) in [5, 5.41) is 12.0. The van der Waals surface area contributed by atoms with E-state index in [1.54, 1.807) is 18.2 Å². The summed E-state index contributed by atoms with van der Waals surface area (Å²) in [6.07, 6.45) is 0. The van der Waals surface area contributed by atoms with E-state index in [2.05, 4.69) is 15.5 Å². The van der Waals surface area contributed by atoms with Gasteiger partial charge in [-0.15, -0.1) is 10.2 Å². The van der Waals surface area contributed by atoms with Crippen LogP contribution in [0.15, 0.2) is 78.0 Å². The summed E-state index contributed by atoms with van der Waals surface area (Å²) in [5.74, 6) is -0.0264. The van der Waals surface area contributed by atoms with Gasteiger partial charge in [0.05, 0.1) is 6.54 Å². The number of carbonyl (C=O) groups excluding carboxylic acids is 1. The molecule has 0 saturated carbocycles. The minimum absolute atomic E-state index is 0.118. The Morgan fingerprint density at radius 2 is 1.72 bits per heavy atom. The van der Waals surface area contributed by atoms with Crippen molar-refractivity contribution in [2.24, 2.45) is 0 Å². The van der Waals surface area contributed by atoms with Crippen LogP contribution < -0.4 is 5.32 Å². The SMILES string of the molecule is Cc1ccc(-n2c(CNC(=O)c3cccc(F)c3)nnc2SCc2ccc(F)cc2)cc1. The van der Waals surface area contributed by atoms with Crippen molar-refractivity contribution in [1.82, 2.24) is 20.1 Å². The number of rotatable bonds is 7. The molecule has 0 radical (unpaired) electrons. The first-order chi connectivity index (χ1) is 15.5. The summed E-state index contributed by atoms with van der Waals surface area (Å²) in [6.45, 7) is 2.12. The van der Waals surface area contributed by atoms with Crippen molar-refractivity contribution in [3.05, 3.63) is 107 Å². The Hall–Kier alpha value is -3.52. The van der Waals surface area contributed by atoms with Gasteiger partial charge in [0.2, 0.25) is 0 Å². The average Bonchev–Trinajstić information content (AvgIpc) is 3.20. The molecule has 1 N–H and O–H groups in total. The Bertz CT molecular complexity index is 1220. The van der Waals surface area contributed by atoms with Crippen molar-refractivity contribution >= 4 is 17.7 Å². The van der Waals surface area contributed by atoms with Gasteiger partial charge in [-0.3, -0.25) is 9.36 Å². The Kier molecular flexibility index (Phi) is 6.61. The minimum atomic E-state index is -0.472. The fourth-order valence-electron chi connectivity index (χ4n) is 3.08. The first-order valence-corrected chi connectivity index (χ1v) is 10.9. The molecule has 32 heavy (non-hydrogen) atoms. The lowest BCUT2D eigenvalue weighted by Crippen LogP contribution is -2.24. The van der Waals surface area contributed by atoms with Gasteiger partial charge in [0.25, 0.3) is 5.91 Å². The third kappa shape index (κ3) is 5.20. The van der Waals surface area contributed by atoms with Crippen molar-refractivity contribution in [3.63, 3.8) is 0 Å². The Morgan fingerprint density at radius 3 is 2.44 bits per heavy atom. The molecule has 0 unspecified atom stereocenters. The van der Waals surface area contributed by atoms with Crippen LogP contribution in [0.3, 0.4) is 0 Å².